The van der Waals surface area contributed by atoms with E-state index in [2.05, 4.69) is 31.2 Å². The van der Waals surface area contributed by atoms with Gasteiger partial charge in [-0.2, -0.15) is 0 Å². The molecule has 1 N–H and O–H groups in total. The van der Waals surface area contributed by atoms with Gasteiger partial charge in [-0.25, -0.2) is 9.97 Å². The minimum absolute atomic E-state index is 0.124. The van der Waals surface area contributed by atoms with Crippen molar-refractivity contribution in [3.05, 3.63) is 46.0 Å². The van der Waals surface area contributed by atoms with Gasteiger partial charge in [0.05, 0.1) is 27.7 Å². The van der Waals surface area contributed by atoms with E-state index in [1.165, 1.54) is 0 Å². The smallest absolute Gasteiger partial charge is 0.238 e. The summed E-state index contributed by atoms with van der Waals surface area (Å²) in [5.74, 6) is 0.842. The number of carbonyl (C=O) groups excluding carboxylic acids is 1. The van der Waals surface area contributed by atoms with E-state index in [4.69, 9.17) is 23.2 Å². The highest BCUT2D eigenvalue weighted by Crippen LogP contribution is 2.30. The number of carbonyl (C=O) groups is 1. The molecule has 0 saturated carbocycles. The third-order valence-corrected chi connectivity index (χ3v) is 5.96. The Morgan fingerprint density at radius 3 is 2.59 bits per heavy atom. The van der Waals surface area contributed by atoms with Crippen molar-refractivity contribution in [1.82, 2.24) is 14.9 Å². The highest BCUT2D eigenvalue weighted by Gasteiger charge is 2.22. The van der Waals surface area contributed by atoms with Crippen molar-refractivity contribution < 1.29 is 4.79 Å². The molecule has 1 fully saturated rings. The summed E-state index contributed by atoms with van der Waals surface area (Å²) in [4.78, 5) is 26.5. The number of piperazine rings is 1. The highest BCUT2D eigenvalue weighted by atomic mass is 35.5. The van der Waals surface area contributed by atoms with Gasteiger partial charge in [0.1, 0.15) is 17.0 Å². The summed E-state index contributed by atoms with van der Waals surface area (Å²) in [6.45, 7) is 3.47. The van der Waals surface area contributed by atoms with E-state index < -0.39 is 0 Å². The largest absolute Gasteiger partial charge is 0.353 e. The zero-order chi connectivity index (χ0) is 18.8. The van der Waals surface area contributed by atoms with Crippen LogP contribution in [0, 0.1) is 0 Å². The first-order valence-electron chi connectivity index (χ1n) is 8.51. The third kappa shape index (κ3) is 4.01. The number of nitrogens with one attached hydrogen (secondary N) is 1. The van der Waals surface area contributed by atoms with Crippen molar-refractivity contribution >= 4 is 62.2 Å². The lowest BCUT2D eigenvalue weighted by molar-refractivity contribution is -0.117. The number of nitrogens with zero attached hydrogens (tertiary/aromatic N) is 4. The van der Waals surface area contributed by atoms with E-state index in [1.807, 2.05) is 5.38 Å². The Balaban J connectivity index is 1.36. The fourth-order valence-electron chi connectivity index (χ4n) is 3.15. The van der Waals surface area contributed by atoms with Gasteiger partial charge < -0.3 is 10.2 Å². The molecule has 0 atom stereocenters. The maximum atomic E-state index is 12.4. The lowest BCUT2D eigenvalue weighted by atomic mass is 10.2. The van der Waals surface area contributed by atoms with Crippen molar-refractivity contribution in [2.45, 2.75) is 0 Å². The maximum Gasteiger partial charge on any atom is 0.238 e. The predicted molar refractivity (Wildman–Crippen MR) is 111 cm³/mol. The van der Waals surface area contributed by atoms with Crippen molar-refractivity contribution in [2.24, 2.45) is 0 Å². The Hall–Kier alpha value is -1.93. The van der Waals surface area contributed by atoms with Crippen molar-refractivity contribution in [1.29, 1.82) is 0 Å². The summed E-state index contributed by atoms with van der Waals surface area (Å²) in [5, 5.41) is 6.80. The molecule has 27 heavy (non-hydrogen) atoms. The number of thiophene rings is 1. The van der Waals surface area contributed by atoms with Gasteiger partial charge in [0, 0.05) is 26.2 Å². The van der Waals surface area contributed by atoms with E-state index >= 15 is 0 Å². The molecule has 0 spiro atoms. The first-order chi connectivity index (χ1) is 13.1. The molecule has 0 bridgehead atoms. The van der Waals surface area contributed by atoms with Crippen LogP contribution in [-0.2, 0) is 4.79 Å². The topological polar surface area (TPSA) is 61.4 Å². The Morgan fingerprint density at radius 2 is 1.85 bits per heavy atom. The van der Waals surface area contributed by atoms with Crippen LogP contribution in [0.2, 0.25) is 10.0 Å². The van der Waals surface area contributed by atoms with Gasteiger partial charge in [0.15, 0.2) is 0 Å². The van der Waals surface area contributed by atoms with Gasteiger partial charge in [0.25, 0.3) is 0 Å². The molecule has 1 aliphatic rings. The number of halogens is 2. The standard InChI is InChI=1S/C18H17Cl2N5OS/c19-13-2-1-3-14(20)16(13)23-15(26)10-24-5-7-25(8-6-24)17-12-4-9-27-18(12)22-11-21-17/h1-4,9,11H,5-8,10H2,(H,23,26). The van der Waals surface area contributed by atoms with Crippen molar-refractivity contribution in [2.75, 3.05) is 42.9 Å². The van der Waals surface area contributed by atoms with Gasteiger partial charge in [-0.05, 0) is 23.6 Å². The number of para-hydroxylation sites is 1. The van der Waals surface area contributed by atoms with Crippen LogP contribution in [0.1, 0.15) is 0 Å². The Morgan fingerprint density at radius 1 is 1.11 bits per heavy atom. The first kappa shape index (κ1) is 18.4. The number of hydrogen-bond donors (Lipinski definition) is 1. The molecule has 0 unspecified atom stereocenters. The number of hydrogen-bond acceptors (Lipinski definition) is 6. The minimum Gasteiger partial charge on any atom is -0.353 e. The zero-order valence-electron chi connectivity index (χ0n) is 14.4. The molecule has 0 aliphatic carbocycles. The molecule has 1 aromatic carbocycles. The van der Waals surface area contributed by atoms with Crippen LogP contribution in [0.15, 0.2) is 36.0 Å². The van der Waals surface area contributed by atoms with Crippen LogP contribution in [0.4, 0.5) is 11.5 Å². The Kier molecular flexibility index (Phi) is 5.45. The molecule has 1 amide bonds. The molecular formula is C18H17Cl2N5OS. The fourth-order valence-corrected chi connectivity index (χ4v) is 4.37. The average Bonchev–Trinajstić information content (AvgIpc) is 3.14. The van der Waals surface area contributed by atoms with Crippen LogP contribution in [-0.4, -0.2) is 53.5 Å². The predicted octanol–water partition coefficient (Wildman–Crippen LogP) is 3.76. The minimum atomic E-state index is -0.124. The number of anilines is 2. The third-order valence-electron chi connectivity index (χ3n) is 4.51. The average molecular weight is 422 g/mol. The molecule has 9 heteroatoms. The van der Waals surface area contributed by atoms with Crippen LogP contribution in [0.5, 0.6) is 0 Å². The number of rotatable bonds is 4. The highest BCUT2D eigenvalue weighted by molar-refractivity contribution is 7.16. The SMILES string of the molecule is O=C(CN1CCN(c2ncnc3sccc23)CC1)Nc1c(Cl)cccc1Cl. The van der Waals surface area contributed by atoms with Crippen molar-refractivity contribution in [3.63, 3.8) is 0 Å². The number of amides is 1. The molecule has 3 heterocycles. The summed E-state index contributed by atoms with van der Waals surface area (Å²) >= 11 is 13.8. The second-order valence-corrected chi connectivity index (χ2v) is 7.95. The van der Waals surface area contributed by atoms with E-state index in [9.17, 15) is 4.79 Å². The number of benzene rings is 1. The molecule has 0 radical (unpaired) electrons. The zero-order valence-corrected chi connectivity index (χ0v) is 16.7. The van der Waals surface area contributed by atoms with E-state index in [0.717, 1.165) is 42.2 Å². The molecule has 4 rings (SSSR count). The quantitative estimate of drug-likeness (QED) is 0.694. The number of aromatic nitrogens is 2. The van der Waals surface area contributed by atoms with Gasteiger partial charge in [-0.1, -0.05) is 29.3 Å². The second-order valence-electron chi connectivity index (χ2n) is 6.24. The molecule has 3 aromatic rings. The molecule has 140 valence electrons. The lowest BCUT2D eigenvalue weighted by Gasteiger charge is -2.35. The van der Waals surface area contributed by atoms with Crippen LogP contribution in [0.25, 0.3) is 10.2 Å². The summed E-state index contributed by atoms with van der Waals surface area (Å²) in [5.41, 5.74) is 0.463. The molecule has 6 nitrogen and oxygen atoms in total. The first-order valence-corrected chi connectivity index (χ1v) is 10.1. The van der Waals surface area contributed by atoms with Gasteiger partial charge in [-0.3, -0.25) is 9.69 Å². The van der Waals surface area contributed by atoms with Gasteiger partial charge >= 0.3 is 0 Å². The van der Waals surface area contributed by atoms with Gasteiger partial charge in [-0.15, -0.1) is 11.3 Å². The van der Waals surface area contributed by atoms with E-state index in [0.29, 0.717) is 22.3 Å². The lowest BCUT2D eigenvalue weighted by Crippen LogP contribution is -2.49. The molecule has 1 saturated heterocycles. The van der Waals surface area contributed by atoms with Gasteiger partial charge in [0.2, 0.25) is 5.91 Å². The summed E-state index contributed by atoms with van der Waals surface area (Å²) in [6, 6.07) is 7.21. The van der Waals surface area contributed by atoms with E-state index in [-0.39, 0.29) is 5.91 Å². The molecule has 2 aromatic heterocycles. The van der Waals surface area contributed by atoms with Crippen LogP contribution < -0.4 is 10.2 Å². The maximum absolute atomic E-state index is 12.4. The van der Waals surface area contributed by atoms with Crippen LogP contribution in [0.3, 0.4) is 0 Å². The van der Waals surface area contributed by atoms with Crippen LogP contribution >= 0.6 is 34.5 Å². The molecule has 1 aliphatic heterocycles. The second kappa shape index (κ2) is 7.98. The Bertz CT molecular complexity index is 951. The summed E-state index contributed by atoms with van der Waals surface area (Å²) in [6.07, 6.45) is 1.61. The summed E-state index contributed by atoms with van der Waals surface area (Å²) in [7, 11) is 0. The molecular weight excluding hydrogens is 405 g/mol. The normalized spacial score (nSPS) is 15.3. The van der Waals surface area contributed by atoms with E-state index in [1.54, 1.807) is 35.9 Å². The summed E-state index contributed by atoms with van der Waals surface area (Å²) < 4.78 is 0. The number of fused-ring (bicyclic) bond motifs is 1. The van der Waals surface area contributed by atoms with Crippen molar-refractivity contribution in [3.8, 4) is 0 Å². The fraction of sp³-hybridized carbons (Fsp3) is 0.278. The Labute approximate surface area is 170 Å². The monoisotopic (exact) mass is 421 g/mol.